The molecule has 1 N–H and O–H groups in total. The summed E-state index contributed by atoms with van der Waals surface area (Å²) in [5.41, 5.74) is 1.21. The number of benzene rings is 2. The van der Waals surface area contributed by atoms with Crippen LogP contribution in [0, 0.1) is 0 Å². The maximum atomic E-state index is 13.1. The molecular formula is C24H34N2O7S. The van der Waals surface area contributed by atoms with E-state index in [2.05, 4.69) is 5.32 Å². The van der Waals surface area contributed by atoms with Crippen LogP contribution < -0.4 is 24.3 Å². The summed E-state index contributed by atoms with van der Waals surface area (Å²) in [5, 5.41) is 2.78. The van der Waals surface area contributed by atoms with E-state index in [0.717, 1.165) is 5.56 Å². The predicted molar refractivity (Wildman–Crippen MR) is 131 cm³/mol. The van der Waals surface area contributed by atoms with Crippen LogP contribution >= 0.6 is 0 Å². The molecule has 9 nitrogen and oxygen atoms in total. The van der Waals surface area contributed by atoms with Gasteiger partial charge in [-0.2, -0.15) is 4.31 Å². The Balaban J connectivity index is 2.22. The summed E-state index contributed by atoms with van der Waals surface area (Å²) >= 11 is 0. The highest BCUT2D eigenvalue weighted by Crippen LogP contribution is 2.38. The molecule has 1 amide bonds. The normalized spacial score (nSPS) is 11.3. The number of carbonyl (C=O) groups excluding carboxylic acids is 1. The Labute approximate surface area is 202 Å². The van der Waals surface area contributed by atoms with Crippen molar-refractivity contribution in [2.45, 2.75) is 38.5 Å². The first kappa shape index (κ1) is 27.3. The zero-order chi connectivity index (χ0) is 25.3. The van der Waals surface area contributed by atoms with Crippen LogP contribution in [0.25, 0.3) is 0 Å². The molecule has 34 heavy (non-hydrogen) atoms. The molecule has 0 spiro atoms. The zero-order valence-corrected chi connectivity index (χ0v) is 21.5. The molecule has 0 aliphatic heterocycles. The topological polar surface area (TPSA) is 103 Å². The first-order chi connectivity index (χ1) is 16.2. The molecule has 0 fully saturated rings. The maximum Gasteiger partial charge on any atom is 0.246 e. The third-order valence-corrected chi connectivity index (χ3v) is 7.29. The monoisotopic (exact) mass is 494 g/mol. The average Bonchev–Trinajstić information content (AvgIpc) is 2.83. The van der Waals surface area contributed by atoms with Gasteiger partial charge in [0.15, 0.2) is 11.5 Å². The maximum absolute atomic E-state index is 13.1. The smallest absolute Gasteiger partial charge is 0.246 e. The Morgan fingerprint density at radius 3 is 2.03 bits per heavy atom. The van der Waals surface area contributed by atoms with E-state index in [4.69, 9.17) is 18.9 Å². The Morgan fingerprint density at radius 2 is 1.53 bits per heavy atom. The van der Waals surface area contributed by atoms with Gasteiger partial charge in [0.25, 0.3) is 0 Å². The standard InChI is InChI=1S/C24H34N2O7S/c1-7-26(8-2)34(28,29)22-16-18(11-12-19(22)33-9-3)25-23(27)13-10-17-14-20(30-4)24(32-6)21(15-17)31-5/h11-12,14-16H,7-10,13H2,1-6H3,(H,25,27). The van der Waals surface area contributed by atoms with Gasteiger partial charge >= 0.3 is 0 Å². The minimum atomic E-state index is -3.77. The van der Waals surface area contributed by atoms with Gasteiger partial charge in [0, 0.05) is 25.2 Å². The van der Waals surface area contributed by atoms with E-state index in [0.29, 0.717) is 49.1 Å². The summed E-state index contributed by atoms with van der Waals surface area (Å²) in [6, 6.07) is 8.22. The van der Waals surface area contributed by atoms with Crippen molar-refractivity contribution in [3.8, 4) is 23.0 Å². The first-order valence-corrected chi connectivity index (χ1v) is 12.5. The molecule has 0 aliphatic rings. The van der Waals surface area contributed by atoms with Gasteiger partial charge in [-0.05, 0) is 49.2 Å². The van der Waals surface area contributed by atoms with E-state index >= 15 is 0 Å². The number of rotatable bonds is 13. The second kappa shape index (κ2) is 12.5. The Bertz CT molecular complexity index is 1060. The zero-order valence-electron chi connectivity index (χ0n) is 20.6. The van der Waals surface area contributed by atoms with Crippen molar-refractivity contribution in [2.24, 2.45) is 0 Å². The molecule has 0 atom stereocenters. The molecule has 2 aromatic carbocycles. The van der Waals surface area contributed by atoms with Gasteiger partial charge < -0.3 is 24.3 Å². The third kappa shape index (κ3) is 6.32. The summed E-state index contributed by atoms with van der Waals surface area (Å²) in [5.74, 6) is 1.49. The van der Waals surface area contributed by atoms with Crippen molar-refractivity contribution in [1.29, 1.82) is 0 Å². The van der Waals surface area contributed by atoms with E-state index in [1.54, 1.807) is 45.0 Å². The Hall–Kier alpha value is -2.98. The van der Waals surface area contributed by atoms with Gasteiger partial charge in [-0.3, -0.25) is 4.79 Å². The SMILES string of the molecule is CCOc1ccc(NC(=O)CCc2cc(OC)c(OC)c(OC)c2)cc1S(=O)(=O)N(CC)CC. The molecule has 10 heteroatoms. The van der Waals surface area contributed by atoms with Crippen molar-refractivity contribution in [3.05, 3.63) is 35.9 Å². The van der Waals surface area contributed by atoms with Crippen molar-refractivity contribution in [1.82, 2.24) is 4.31 Å². The molecule has 0 saturated heterocycles. The largest absolute Gasteiger partial charge is 0.493 e. The number of amides is 1. The Morgan fingerprint density at radius 1 is 0.912 bits per heavy atom. The van der Waals surface area contributed by atoms with Crippen LogP contribution in [-0.2, 0) is 21.2 Å². The lowest BCUT2D eigenvalue weighted by molar-refractivity contribution is -0.116. The van der Waals surface area contributed by atoms with E-state index in [1.165, 1.54) is 31.7 Å². The van der Waals surface area contributed by atoms with Crippen LogP contribution in [0.2, 0.25) is 0 Å². The van der Waals surface area contributed by atoms with Crippen molar-refractivity contribution >= 4 is 21.6 Å². The number of carbonyl (C=O) groups is 1. The summed E-state index contributed by atoms with van der Waals surface area (Å²) in [6.07, 6.45) is 0.591. The third-order valence-electron chi connectivity index (χ3n) is 5.22. The van der Waals surface area contributed by atoms with Gasteiger partial charge in [0.05, 0.1) is 27.9 Å². The molecule has 0 aromatic heterocycles. The summed E-state index contributed by atoms with van der Waals surface area (Å²) in [6.45, 7) is 6.31. The summed E-state index contributed by atoms with van der Waals surface area (Å²) in [7, 11) is 0.817. The van der Waals surface area contributed by atoms with Crippen molar-refractivity contribution in [2.75, 3.05) is 46.3 Å². The number of hydrogen-bond acceptors (Lipinski definition) is 7. The highest BCUT2D eigenvalue weighted by molar-refractivity contribution is 7.89. The number of ether oxygens (including phenoxy) is 4. The number of nitrogens with one attached hydrogen (secondary N) is 1. The number of nitrogens with zero attached hydrogens (tertiary/aromatic N) is 1. The lowest BCUT2D eigenvalue weighted by Gasteiger charge is -2.21. The molecule has 0 bridgehead atoms. The number of aryl methyl sites for hydroxylation is 1. The summed E-state index contributed by atoms with van der Waals surface area (Å²) in [4.78, 5) is 12.7. The van der Waals surface area contributed by atoms with Gasteiger partial charge in [0.2, 0.25) is 21.7 Å². The lowest BCUT2D eigenvalue weighted by Crippen LogP contribution is -2.31. The lowest BCUT2D eigenvalue weighted by atomic mass is 10.1. The van der Waals surface area contributed by atoms with E-state index in [9.17, 15) is 13.2 Å². The quantitative estimate of drug-likeness (QED) is 0.453. The van der Waals surface area contributed by atoms with E-state index < -0.39 is 10.0 Å². The molecule has 2 aromatic rings. The van der Waals surface area contributed by atoms with E-state index in [1.807, 2.05) is 0 Å². The predicted octanol–water partition coefficient (Wildman–Crippen LogP) is 3.71. The molecule has 0 aliphatic carbocycles. The Kier molecular flexibility index (Phi) is 10.0. The van der Waals surface area contributed by atoms with Gasteiger partial charge in [-0.25, -0.2) is 8.42 Å². The fraction of sp³-hybridized carbons (Fsp3) is 0.458. The number of anilines is 1. The van der Waals surface area contributed by atoms with Crippen molar-refractivity contribution < 1.29 is 32.2 Å². The van der Waals surface area contributed by atoms with E-state index in [-0.39, 0.29) is 23.0 Å². The molecule has 0 unspecified atom stereocenters. The minimum Gasteiger partial charge on any atom is -0.493 e. The van der Waals surface area contributed by atoms with Crippen LogP contribution in [0.1, 0.15) is 32.8 Å². The van der Waals surface area contributed by atoms with Crippen LogP contribution in [-0.4, -0.2) is 59.7 Å². The molecular weight excluding hydrogens is 460 g/mol. The second-order valence-corrected chi connectivity index (χ2v) is 9.17. The molecule has 0 radical (unpaired) electrons. The van der Waals surface area contributed by atoms with Crippen LogP contribution in [0.4, 0.5) is 5.69 Å². The molecule has 0 saturated carbocycles. The van der Waals surface area contributed by atoms with Gasteiger partial charge in [0.1, 0.15) is 10.6 Å². The first-order valence-electron chi connectivity index (χ1n) is 11.1. The minimum absolute atomic E-state index is 0.0282. The second-order valence-electron chi connectivity index (χ2n) is 7.27. The number of methoxy groups -OCH3 is 3. The van der Waals surface area contributed by atoms with Crippen LogP contribution in [0.3, 0.4) is 0 Å². The van der Waals surface area contributed by atoms with Crippen molar-refractivity contribution in [3.63, 3.8) is 0 Å². The highest BCUT2D eigenvalue weighted by Gasteiger charge is 2.26. The molecule has 2 rings (SSSR count). The van der Waals surface area contributed by atoms with Gasteiger partial charge in [-0.15, -0.1) is 0 Å². The van der Waals surface area contributed by atoms with Crippen LogP contribution in [0.15, 0.2) is 35.2 Å². The molecule has 0 heterocycles. The number of sulfonamides is 1. The summed E-state index contributed by atoms with van der Waals surface area (Å²) < 4.78 is 49.1. The highest BCUT2D eigenvalue weighted by atomic mass is 32.2. The number of hydrogen-bond donors (Lipinski definition) is 1. The fourth-order valence-corrected chi connectivity index (χ4v) is 5.14. The average molecular weight is 495 g/mol. The molecule has 188 valence electrons. The van der Waals surface area contributed by atoms with Crippen LogP contribution in [0.5, 0.6) is 23.0 Å². The van der Waals surface area contributed by atoms with Gasteiger partial charge in [-0.1, -0.05) is 13.8 Å². The fourth-order valence-electron chi connectivity index (χ4n) is 3.53.